The summed E-state index contributed by atoms with van der Waals surface area (Å²) in [7, 11) is 1.53. The van der Waals surface area contributed by atoms with Crippen LogP contribution in [0.4, 0.5) is 0 Å². The fourth-order valence-corrected chi connectivity index (χ4v) is 1.85. The van der Waals surface area contributed by atoms with Crippen molar-refractivity contribution in [2.45, 2.75) is 25.9 Å². The van der Waals surface area contributed by atoms with E-state index in [0.29, 0.717) is 28.7 Å². The smallest absolute Gasteiger partial charge is 0.166 e. The minimum absolute atomic E-state index is 0.150. The zero-order valence-corrected chi connectivity index (χ0v) is 11.2. The molecule has 0 atom stereocenters. The molecule has 0 aliphatic heterocycles. The van der Waals surface area contributed by atoms with E-state index in [4.69, 9.17) is 26.2 Å². The fraction of sp³-hybridized carbons (Fsp3) is 0.538. The molecule has 0 radical (unpaired) electrons. The largest absolute Gasteiger partial charge is 0.493 e. The van der Waals surface area contributed by atoms with Crippen molar-refractivity contribution in [2.24, 2.45) is 0 Å². The molecule has 0 saturated heterocycles. The summed E-state index contributed by atoms with van der Waals surface area (Å²) in [6.45, 7) is 0.569. The molecule has 18 heavy (non-hydrogen) atoms. The molecule has 0 heterocycles. The van der Waals surface area contributed by atoms with Crippen molar-refractivity contribution < 1.29 is 19.7 Å². The number of benzene rings is 1. The molecule has 0 aliphatic carbocycles. The van der Waals surface area contributed by atoms with Crippen molar-refractivity contribution in [2.75, 3.05) is 20.3 Å². The topological polar surface area (TPSA) is 58.9 Å². The Morgan fingerprint density at radius 1 is 1.17 bits per heavy atom. The van der Waals surface area contributed by atoms with E-state index >= 15 is 0 Å². The van der Waals surface area contributed by atoms with Gasteiger partial charge in [0, 0.05) is 23.3 Å². The van der Waals surface area contributed by atoms with Crippen molar-refractivity contribution in [1.29, 1.82) is 0 Å². The van der Waals surface area contributed by atoms with Crippen LogP contribution in [0.5, 0.6) is 11.5 Å². The van der Waals surface area contributed by atoms with Gasteiger partial charge in [0.2, 0.25) is 0 Å². The summed E-state index contributed by atoms with van der Waals surface area (Å²) in [5.74, 6) is 1.06. The molecular formula is C13H19ClO4. The van der Waals surface area contributed by atoms with Gasteiger partial charge in [0.25, 0.3) is 0 Å². The summed E-state index contributed by atoms with van der Waals surface area (Å²) in [5.41, 5.74) is 0.613. The Hall–Kier alpha value is -0.970. The highest BCUT2D eigenvalue weighted by atomic mass is 35.5. The molecular weight excluding hydrogens is 256 g/mol. The van der Waals surface area contributed by atoms with Gasteiger partial charge in [0.05, 0.1) is 20.3 Å². The van der Waals surface area contributed by atoms with Gasteiger partial charge in [-0.3, -0.25) is 0 Å². The molecule has 5 heteroatoms. The summed E-state index contributed by atoms with van der Waals surface area (Å²) in [6, 6.07) is 3.32. The number of ether oxygens (including phenoxy) is 2. The van der Waals surface area contributed by atoms with E-state index in [1.165, 1.54) is 7.11 Å². The molecule has 0 aromatic heterocycles. The second-order valence-corrected chi connectivity index (χ2v) is 4.32. The maximum absolute atomic E-state index is 9.28. The minimum Gasteiger partial charge on any atom is -0.493 e. The van der Waals surface area contributed by atoms with Gasteiger partial charge in [-0.2, -0.15) is 0 Å². The number of hydrogen-bond acceptors (Lipinski definition) is 4. The normalized spacial score (nSPS) is 10.4. The third kappa shape index (κ3) is 4.37. The first-order chi connectivity index (χ1) is 8.72. The van der Waals surface area contributed by atoms with E-state index in [-0.39, 0.29) is 13.2 Å². The van der Waals surface area contributed by atoms with Crippen molar-refractivity contribution in [3.63, 3.8) is 0 Å². The van der Waals surface area contributed by atoms with Crippen LogP contribution in [0.15, 0.2) is 12.1 Å². The quantitative estimate of drug-likeness (QED) is 0.715. The highest BCUT2D eigenvalue weighted by Crippen LogP contribution is 2.34. The Kier molecular flexibility index (Phi) is 6.86. The lowest BCUT2D eigenvalue weighted by atomic mass is 10.2. The SMILES string of the molecule is COc1cc(Cl)cc(CO)c1OCCCCCO. The first kappa shape index (κ1) is 15.1. The van der Waals surface area contributed by atoms with E-state index in [2.05, 4.69) is 0 Å². The molecule has 1 rings (SSSR count). The predicted octanol–water partition coefficient (Wildman–Crippen LogP) is 2.38. The van der Waals surface area contributed by atoms with Gasteiger partial charge in [-0.1, -0.05) is 11.6 Å². The molecule has 0 spiro atoms. The number of unbranched alkanes of at least 4 members (excludes halogenated alkanes) is 2. The number of rotatable bonds is 8. The van der Waals surface area contributed by atoms with E-state index in [9.17, 15) is 5.11 Å². The standard InChI is InChI=1S/C13H19ClO4/c1-17-12-8-11(14)7-10(9-16)13(12)18-6-4-2-3-5-15/h7-8,15-16H,2-6,9H2,1H3. The van der Waals surface area contributed by atoms with Crippen LogP contribution < -0.4 is 9.47 Å². The van der Waals surface area contributed by atoms with Crippen LogP contribution in [-0.4, -0.2) is 30.5 Å². The van der Waals surface area contributed by atoms with Crippen LogP contribution in [-0.2, 0) is 6.61 Å². The highest BCUT2D eigenvalue weighted by Gasteiger charge is 2.12. The molecule has 0 bridgehead atoms. The average Bonchev–Trinajstić information content (AvgIpc) is 2.39. The van der Waals surface area contributed by atoms with Gasteiger partial charge >= 0.3 is 0 Å². The first-order valence-electron chi connectivity index (χ1n) is 5.93. The van der Waals surface area contributed by atoms with Crippen molar-refractivity contribution >= 4 is 11.6 Å². The molecule has 4 nitrogen and oxygen atoms in total. The lowest BCUT2D eigenvalue weighted by Crippen LogP contribution is -2.03. The Labute approximate surface area is 112 Å². The maximum Gasteiger partial charge on any atom is 0.166 e. The van der Waals surface area contributed by atoms with Gasteiger partial charge in [-0.05, 0) is 25.3 Å². The summed E-state index contributed by atoms with van der Waals surface area (Å²) < 4.78 is 10.8. The number of hydrogen-bond donors (Lipinski definition) is 2. The minimum atomic E-state index is -0.150. The fourth-order valence-electron chi connectivity index (χ4n) is 1.62. The van der Waals surface area contributed by atoms with E-state index in [1.54, 1.807) is 12.1 Å². The summed E-state index contributed by atoms with van der Waals surface area (Å²) in [5, 5.41) is 18.4. The number of methoxy groups -OCH3 is 1. The number of aliphatic hydroxyl groups excluding tert-OH is 2. The van der Waals surface area contributed by atoms with Crippen LogP contribution in [0.25, 0.3) is 0 Å². The lowest BCUT2D eigenvalue weighted by Gasteiger charge is -2.14. The van der Waals surface area contributed by atoms with Crippen LogP contribution in [0.3, 0.4) is 0 Å². The van der Waals surface area contributed by atoms with Crippen molar-refractivity contribution in [1.82, 2.24) is 0 Å². The van der Waals surface area contributed by atoms with Gasteiger partial charge in [-0.15, -0.1) is 0 Å². The summed E-state index contributed by atoms with van der Waals surface area (Å²) >= 11 is 5.91. The van der Waals surface area contributed by atoms with E-state index < -0.39 is 0 Å². The molecule has 0 aliphatic rings. The Morgan fingerprint density at radius 2 is 1.94 bits per heavy atom. The zero-order chi connectivity index (χ0) is 13.4. The highest BCUT2D eigenvalue weighted by molar-refractivity contribution is 6.30. The number of halogens is 1. The second-order valence-electron chi connectivity index (χ2n) is 3.89. The molecule has 0 unspecified atom stereocenters. The Balaban J connectivity index is 2.67. The monoisotopic (exact) mass is 274 g/mol. The molecule has 1 aromatic carbocycles. The second kappa shape index (κ2) is 8.19. The Morgan fingerprint density at radius 3 is 2.56 bits per heavy atom. The molecule has 102 valence electrons. The van der Waals surface area contributed by atoms with Crippen LogP contribution in [0.1, 0.15) is 24.8 Å². The molecule has 0 amide bonds. The average molecular weight is 275 g/mol. The van der Waals surface area contributed by atoms with Gasteiger partial charge < -0.3 is 19.7 Å². The van der Waals surface area contributed by atoms with Gasteiger partial charge in [-0.25, -0.2) is 0 Å². The summed E-state index contributed by atoms with van der Waals surface area (Å²) in [6.07, 6.45) is 2.52. The van der Waals surface area contributed by atoms with Gasteiger partial charge in [0.15, 0.2) is 11.5 Å². The van der Waals surface area contributed by atoms with Crippen molar-refractivity contribution in [3.8, 4) is 11.5 Å². The Bertz CT molecular complexity index is 343. The van der Waals surface area contributed by atoms with Crippen LogP contribution in [0.2, 0.25) is 5.02 Å². The van der Waals surface area contributed by atoms with Crippen LogP contribution >= 0.6 is 11.6 Å². The summed E-state index contributed by atoms with van der Waals surface area (Å²) in [4.78, 5) is 0. The third-order valence-corrected chi connectivity index (χ3v) is 2.75. The van der Waals surface area contributed by atoms with Crippen LogP contribution in [0, 0.1) is 0 Å². The van der Waals surface area contributed by atoms with E-state index in [0.717, 1.165) is 19.3 Å². The molecule has 0 saturated carbocycles. The molecule has 1 aromatic rings. The molecule has 0 fully saturated rings. The van der Waals surface area contributed by atoms with Crippen molar-refractivity contribution in [3.05, 3.63) is 22.7 Å². The zero-order valence-electron chi connectivity index (χ0n) is 10.5. The maximum atomic E-state index is 9.28. The lowest BCUT2D eigenvalue weighted by molar-refractivity contribution is 0.244. The van der Waals surface area contributed by atoms with Gasteiger partial charge in [0.1, 0.15) is 0 Å². The number of aliphatic hydroxyl groups is 2. The third-order valence-electron chi connectivity index (χ3n) is 2.54. The predicted molar refractivity (Wildman–Crippen MR) is 70.4 cm³/mol. The van der Waals surface area contributed by atoms with E-state index in [1.807, 2.05) is 0 Å². The first-order valence-corrected chi connectivity index (χ1v) is 6.31. The molecule has 2 N–H and O–H groups in total.